The quantitative estimate of drug-likeness (QED) is 0.176. The van der Waals surface area contributed by atoms with Gasteiger partial charge in [0.2, 0.25) is 0 Å². The van der Waals surface area contributed by atoms with Crippen molar-refractivity contribution in [3.05, 3.63) is 81.9 Å². The highest BCUT2D eigenvalue weighted by Crippen LogP contribution is 2.25. The number of hydrogen-bond donors (Lipinski definition) is 2. The number of likely N-dealkylation sites (tertiary alicyclic amines) is 2. The molecule has 2 aliphatic rings. The summed E-state index contributed by atoms with van der Waals surface area (Å²) in [6.45, 7) is 14.7. The van der Waals surface area contributed by atoms with E-state index in [1.165, 1.54) is 38.5 Å². The topological polar surface area (TPSA) is 72.3 Å². The van der Waals surface area contributed by atoms with Crippen molar-refractivity contribution in [2.45, 2.75) is 66.2 Å². The van der Waals surface area contributed by atoms with Crippen molar-refractivity contribution in [3.8, 4) is 0 Å². The maximum atomic E-state index is 13.2. The van der Waals surface area contributed by atoms with Crippen LogP contribution in [0.3, 0.4) is 0 Å². The first-order valence-corrected chi connectivity index (χ1v) is 17.3. The third kappa shape index (κ3) is 11.7. The molecule has 2 fully saturated rings. The summed E-state index contributed by atoms with van der Waals surface area (Å²) in [6.07, 6.45) is 15.4. The number of hydrazone groups is 2. The van der Waals surface area contributed by atoms with Gasteiger partial charge in [0.05, 0.1) is 11.4 Å². The molecule has 2 heterocycles. The van der Waals surface area contributed by atoms with Gasteiger partial charge in [-0.15, -0.1) is 0 Å². The van der Waals surface area contributed by atoms with Gasteiger partial charge in [-0.25, -0.2) is 15.6 Å². The number of hydrogen-bond acceptors (Lipinski definition) is 5. The van der Waals surface area contributed by atoms with Gasteiger partial charge in [-0.1, -0.05) is 100 Å². The van der Waals surface area contributed by atoms with E-state index in [0.29, 0.717) is 10.0 Å². The number of nitrogens with zero attached hydrogens (tertiary/aromatic N) is 4. The molecule has 0 radical (unpaired) electrons. The summed E-state index contributed by atoms with van der Waals surface area (Å²) in [4.78, 5) is 18.2. The second-order valence-electron chi connectivity index (χ2n) is 13.8. The van der Waals surface area contributed by atoms with Gasteiger partial charge in [-0.3, -0.25) is 0 Å². The van der Waals surface area contributed by atoms with E-state index >= 15 is 0 Å². The van der Waals surface area contributed by atoms with Crippen molar-refractivity contribution in [2.24, 2.45) is 21.0 Å². The molecule has 0 unspecified atom stereocenters. The van der Waals surface area contributed by atoms with Crippen molar-refractivity contribution >= 4 is 52.8 Å². The molecule has 2 aromatic carbocycles. The lowest BCUT2D eigenvalue weighted by Gasteiger charge is -2.35. The summed E-state index contributed by atoms with van der Waals surface area (Å²) in [6, 6.07) is 14.8. The van der Waals surface area contributed by atoms with Crippen LogP contribution in [0.2, 0.25) is 10.0 Å². The van der Waals surface area contributed by atoms with Crippen LogP contribution in [0.15, 0.2) is 70.9 Å². The molecule has 248 valence electrons. The summed E-state index contributed by atoms with van der Waals surface area (Å²) in [5.41, 5.74) is 8.42. The molecule has 2 aliphatic heterocycles. The van der Waals surface area contributed by atoms with Crippen molar-refractivity contribution < 1.29 is 4.79 Å². The van der Waals surface area contributed by atoms with Crippen molar-refractivity contribution in [2.75, 3.05) is 39.3 Å². The lowest BCUT2D eigenvalue weighted by atomic mass is 9.85. The van der Waals surface area contributed by atoms with Crippen LogP contribution < -0.4 is 10.9 Å². The van der Waals surface area contributed by atoms with Crippen LogP contribution in [0.25, 0.3) is 12.2 Å². The lowest BCUT2D eigenvalue weighted by molar-refractivity contribution is 0.186. The third-order valence-corrected chi connectivity index (χ3v) is 9.19. The predicted octanol–water partition coefficient (Wildman–Crippen LogP) is 8.76. The van der Waals surface area contributed by atoms with Gasteiger partial charge in [0.1, 0.15) is 0 Å². The predicted molar refractivity (Wildman–Crippen MR) is 196 cm³/mol. The SMILES string of the molecule is CC(C)(CN1CCCCC1)C(/C=C/c1ccc(Cl)cc1)=N\NC(=O)N/N=C(/C=C/c1ccc(Cl)cc1)C(C)(C)CN1CCCCC1. The number of piperidine rings is 2. The average Bonchev–Trinajstić information content (AvgIpc) is 3.03. The number of allylic oxidation sites excluding steroid dienone is 2. The van der Waals surface area contributed by atoms with Crippen LogP contribution in [-0.4, -0.2) is 66.5 Å². The van der Waals surface area contributed by atoms with E-state index in [-0.39, 0.29) is 10.8 Å². The van der Waals surface area contributed by atoms with E-state index in [1.807, 2.05) is 72.8 Å². The Morgan fingerprint density at radius 3 is 1.35 bits per heavy atom. The molecule has 0 aliphatic carbocycles. The van der Waals surface area contributed by atoms with Gasteiger partial charge in [-0.2, -0.15) is 10.2 Å². The molecule has 0 atom stereocenters. The Bertz CT molecular complexity index is 1280. The Balaban J connectivity index is 1.53. The van der Waals surface area contributed by atoms with Gasteiger partial charge in [0.15, 0.2) is 0 Å². The maximum absolute atomic E-state index is 13.2. The summed E-state index contributed by atoms with van der Waals surface area (Å²) in [7, 11) is 0. The number of nitrogens with one attached hydrogen (secondary N) is 2. The highest BCUT2D eigenvalue weighted by atomic mass is 35.5. The molecule has 7 nitrogen and oxygen atoms in total. The van der Waals surface area contributed by atoms with Crippen LogP contribution >= 0.6 is 23.2 Å². The molecule has 2 saturated heterocycles. The van der Waals surface area contributed by atoms with E-state index in [1.54, 1.807) is 0 Å². The zero-order chi connectivity index (χ0) is 33.0. The molecule has 0 aromatic heterocycles. The van der Waals surface area contributed by atoms with Crippen molar-refractivity contribution in [3.63, 3.8) is 0 Å². The fourth-order valence-electron chi connectivity index (χ4n) is 6.09. The second-order valence-corrected chi connectivity index (χ2v) is 14.6. The molecule has 2 N–H and O–H groups in total. The van der Waals surface area contributed by atoms with Crippen LogP contribution in [0, 0.1) is 10.8 Å². The zero-order valence-electron chi connectivity index (χ0n) is 27.9. The molecular formula is C37H50Cl2N6O. The summed E-state index contributed by atoms with van der Waals surface area (Å²) in [5.74, 6) is 0. The lowest BCUT2D eigenvalue weighted by Crippen LogP contribution is -2.43. The number of halogens is 2. The fraction of sp³-hybridized carbons (Fsp3) is 0.486. The highest BCUT2D eigenvalue weighted by molar-refractivity contribution is 6.30. The minimum Gasteiger partial charge on any atom is -0.302 e. The van der Waals surface area contributed by atoms with E-state index in [2.05, 4.69) is 58.5 Å². The second kappa shape index (κ2) is 17.3. The Morgan fingerprint density at radius 1 is 0.652 bits per heavy atom. The smallest absolute Gasteiger partial charge is 0.302 e. The molecule has 0 saturated carbocycles. The summed E-state index contributed by atoms with van der Waals surface area (Å²) < 4.78 is 0. The van der Waals surface area contributed by atoms with Gasteiger partial charge in [0.25, 0.3) is 0 Å². The van der Waals surface area contributed by atoms with Crippen LogP contribution in [0.4, 0.5) is 4.79 Å². The van der Waals surface area contributed by atoms with Crippen molar-refractivity contribution in [1.82, 2.24) is 20.7 Å². The Morgan fingerprint density at radius 2 is 1.00 bits per heavy atom. The van der Waals surface area contributed by atoms with E-state index in [4.69, 9.17) is 23.2 Å². The Kier molecular flexibility index (Phi) is 13.5. The van der Waals surface area contributed by atoms with E-state index in [0.717, 1.165) is 61.8 Å². The maximum Gasteiger partial charge on any atom is 0.355 e. The number of amides is 2. The van der Waals surface area contributed by atoms with Gasteiger partial charge in [0, 0.05) is 34.0 Å². The molecule has 46 heavy (non-hydrogen) atoms. The molecular weight excluding hydrogens is 615 g/mol. The molecule has 0 bridgehead atoms. The van der Waals surface area contributed by atoms with E-state index < -0.39 is 6.03 Å². The molecule has 2 amide bonds. The first-order valence-electron chi connectivity index (χ1n) is 16.5. The number of carbonyl (C=O) groups is 1. The third-order valence-electron chi connectivity index (χ3n) is 8.69. The largest absolute Gasteiger partial charge is 0.355 e. The summed E-state index contributed by atoms with van der Waals surface area (Å²) >= 11 is 12.2. The fourth-order valence-corrected chi connectivity index (χ4v) is 6.34. The first-order chi connectivity index (χ1) is 22.0. The van der Waals surface area contributed by atoms with E-state index in [9.17, 15) is 4.79 Å². The molecule has 9 heteroatoms. The molecule has 4 rings (SSSR count). The van der Waals surface area contributed by atoms with Crippen LogP contribution in [-0.2, 0) is 0 Å². The number of benzene rings is 2. The minimum absolute atomic E-state index is 0.306. The molecule has 2 aromatic rings. The standard InChI is InChI=1S/C37H50Cl2N6O/c1-36(2,27-44-23-7-5-8-24-44)33(21-15-29-11-17-31(38)18-12-29)40-42-35(46)43-41-34(22-16-30-13-19-32(39)20-14-30)37(3,4)28-45-25-9-6-10-26-45/h11-22H,5-10,23-28H2,1-4H3,(H2,42,43,46)/b21-15+,22-16+,40-33-,41-34-. The van der Waals surface area contributed by atoms with Crippen LogP contribution in [0.5, 0.6) is 0 Å². The Hall–Kier alpha value is -2.97. The normalized spacial score (nSPS) is 18.0. The summed E-state index contributed by atoms with van der Waals surface area (Å²) in [5, 5.41) is 10.7. The highest BCUT2D eigenvalue weighted by Gasteiger charge is 2.29. The van der Waals surface area contributed by atoms with Crippen molar-refractivity contribution in [1.29, 1.82) is 0 Å². The van der Waals surface area contributed by atoms with Gasteiger partial charge >= 0.3 is 6.03 Å². The van der Waals surface area contributed by atoms with Gasteiger partial charge < -0.3 is 9.80 Å². The van der Waals surface area contributed by atoms with Crippen LogP contribution in [0.1, 0.15) is 77.3 Å². The first kappa shape index (κ1) is 35.9. The number of urea groups is 1. The number of rotatable bonds is 12. The van der Waals surface area contributed by atoms with Gasteiger partial charge in [-0.05, 0) is 99.4 Å². The monoisotopic (exact) mass is 664 g/mol. The Labute approximate surface area is 285 Å². The number of carbonyl (C=O) groups excluding carboxylic acids is 1. The average molecular weight is 666 g/mol. The molecule has 0 spiro atoms. The minimum atomic E-state index is -0.489. The zero-order valence-corrected chi connectivity index (χ0v) is 29.4.